The summed E-state index contributed by atoms with van der Waals surface area (Å²) in [6.45, 7) is 6.44. The second-order valence-electron chi connectivity index (χ2n) is 10.2. The summed E-state index contributed by atoms with van der Waals surface area (Å²) in [5.74, 6) is -4.25. The number of hydrogen-bond acceptors (Lipinski definition) is 9. The van der Waals surface area contributed by atoms with Crippen molar-refractivity contribution in [2.45, 2.75) is 68.5 Å². The van der Waals surface area contributed by atoms with Crippen LogP contribution in [-0.4, -0.2) is 49.3 Å². The number of ether oxygens (including phenoxy) is 2. The van der Waals surface area contributed by atoms with Crippen molar-refractivity contribution in [3.05, 3.63) is 77.4 Å². The highest BCUT2D eigenvalue weighted by Gasteiger charge is 2.50. The molecule has 0 spiro atoms. The van der Waals surface area contributed by atoms with Crippen LogP contribution in [0, 0.1) is 0 Å². The molecule has 0 aromatic carbocycles. The largest absolute Gasteiger partial charge is 0.478 e. The number of esters is 2. The second-order valence-corrected chi connectivity index (χ2v) is 10.2. The van der Waals surface area contributed by atoms with Gasteiger partial charge in [-0.25, -0.2) is 9.59 Å². The van der Waals surface area contributed by atoms with E-state index in [0.717, 1.165) is 24.3 Å². The van der Waals surface area contributed by atoms with Gasteiger partial charge in [0.1, 0.15) is 5.69 Å². The normalized spacial score (nSPS) is 16.1. The molecule has 0 bridgehead atoms. The molecule has 0 saturated heterocycles. The van der Waals surface area contributed by atoms with Crippen molar-refractivity contribution >= 4 is 23.9 Å². The van der Waals surface area contributed by atoms with Crippen molar-refractivity contribution in [3.8, 4) is 0 Å². The Kier molecular flexibility index (Phi) is 10.0. The molecule has 0 radical (unpaired) electrons. The van der Waals surface area contributed by atoms with Crippen LogP contribution in [0.3, 0.4) is 0 Å². The molecule has 2 aliphatic carbocycles. The number of carbonyl (C=O) groups is 4. The molecular weight excluding hydrogens is 620 g/mol. The zero-order valence-corrected chi connectivity index (χ0v) is 23.2. The maximum atomic E-state index is 12.5. The number of carboxylic acids is 2. The summed E-state index contributed by atoms with van der Waals surface area (Å²) >= 11 is 0. The van der Waals surface area contributed by atoms with Gasteiger partial charge in [-0.1, -0.05) is 13.2 Å². The van der Waals surface area contributed by atoms with Crippen LogP contribution in [0.2, 0.25) is 0 Å². The van der Waals surface area contributed by atoms with Crippen molar-refractivity contribution < 1.29 is 65.2 Å². The fourth-order valence-corrected chi connectivity index (χ4v) is 4.00. The smallest absolute Gasteiger partial charge is 0.435 e. The molecule has 11 nitrogen and oxygen atoms in total. The average Bonchev–Trinajstić information content (AvgIpc) is 3.70. The number of aliphatic carboxylic acids is 2. The molecule has 4 rings (SSSR count). The van der Waals surface area contributed by atoms with Crippen LogP contribution < -0.4 is 0 Å². The van der Waals surface area contributed by atoms with Gasteiger partial charge in [-0.3, -0.25) is 14.6 Å². The van der Waals surface area contributed by atoms with Crippen molar-refractivity contribution in [3.63, 3.8) is 0 Å². The highest BCUT2D eigenvalue weighted by molar-refractivity contribution is 5.92. The van der Waals surface area contributed by atoms with Crippen LogP contribution in [0.5, 0.6) is 0 Å². The standard InChI is InChI=1S/C14H13F3N2O4.C14H12F3NO4/c1-8(12(21)22)7-11(20)23-13(5-2-6-13)9-3-4-10(19-18-9)14(15,16)17;1-8(12(20)21)6-11(19)22-13(4-5-13)10-3-2-9(7-18-10)14(15,16)17/h3-4H,1-2,5-7H2,(H,21,22);2-3,7H,1,4-6H2,(H,20,21). The predicted octanol–water partition coefficient (Wildman–Crippen LogP) is 5.11. The maximum absolute atomic E-state index is 12.5. The van der Waals surface area contributed by atoms with E-state index in [4.69, 9.17) is 19.7 Å². The number of alkyl halides is 6. The van der Waals surface area contributed by atoms with Gasteiger partial charge in [-0.2, -0.15) is 31.4 Å². The quantitative estimate of drug-likeness (QED) is 0.200. The van der Waals surface area contributed by atoms with Gasteiger partial charge in [0, 0.05) is 17.3 Å². The van der Waals surface area contributed by atoms with E-state index in [1.165, 1.54) is 0 Å². The van der Waals surface area contributed by atoms with Gasteiger partial charge in [-0.05, 0) is 56.4 Å². The van der Waals surface area contributed by atoms with Gasteiger partial charge in [0.2, 0.25) is 0 Å². The Bertz CT molecular complexity index is 1480. The number of pyridine rings is 1. The van der Waals surface area contributed by atoms with Crippen molar-refractivity contribution in [2.75, 3.05) is 0 Å². The van der Waals surface area contributed by atoms with E-state index >= 15 is 0 Å². The summed E-state index contributed by atoms with van der Waals surface area (Å²) in [6.07, 6.45) is -7.07. The van der Waals surface area contributed by atoms with E-state index in [-0.39, 0.29) is 22.5 Å². The van der Waals surface area contributed by atoms with Crippen LogP contribution in [0.25, 0.3) is 0 Å². The zero-order chi connectivity index (χ0) is 33.8. The van der Waals surface area contributed by atoms with E-state index in [1.54, 1.807) is 0 Å². The number of hydrogen-bond donors (Lipinski definition) is 2. The molecule has 2 aromatic heterocycles. The Morgan fingerprint density at radius 3 is 1.53 bits per heavy atom. The molecule has 2 fully saturated rings. The fraction of sp³-hybridized carbons (Fsp3) is 0.393. The highest BCUT2D eigenvalue weighted by atomic mass is 19.4. The van der Waals surface area contributed by atoms with E-state index in [2.05, 4.69) is 28.3 Å². The van der Waals surface area contributed by atoms with Gasteiger partial charge >= 0.3 is 36.2 Å². The minimum atomic E-state index is -4.60. The monoisotopic (exact) mass is 645 g/mol. The van der Waals surface area contributed by atoms with Crippen molar-refractivity contribution in [1.29, 1.82) is 0 Å². The lowest BCUT2D eigenvalue weighted by Gasteiger charge is -2.40. The second kappa shape index (κ2) is 13.0. The number of carboxylic acid groups (broad SMARTS) is 2. The van der Waals surface area contributed by atoms with Crippen LogP contribution in [0.1, 0.15) is 67.6 Å². The molecule has 45 heavy (non-hydrogen) atoms. The first-order valence-electron chi connectivity index (χ1n) is 13.0. The van der Waals surface area contributed by atoms with Crippen molar-refractivity contribution in [1.82, 2.24) is 15.2 Å². The third-order valence-electron chi connectivity index (χ3n) is 6.78. The Morgan fingerprint density at radius 1 is 0.733 bits per heavy atom. The van der Waals surface area contributed by atoms with Gasteiger partial charge < -0.3 is 19.7 Å². The van der Waals surface area contributed by atoms with Gasteiger partial charge in [0.05, 0.1) is 24.1 Å². The topological polar surface area (TPSA) is 166 Å². The van der Waals surface area contributed by atoms with E-state index in [0.29, 0.717) is 38.3 Å². The Hall–Kier alpha value is -4.83. The summed E-state index contributed by atoms with van der Waals surface area (Å²) < 4.78 is 85.3. The molecule has 17 heteroatoms. The third kappa shape index (κ3) is 8.86. The van der Waals surface area contributed by atoms with Crippen LogP contribution in [-0.2, 0) is 52.2 Å². The molecule has 2 aromatic rings. The first-order chi connectivity index (χ1) is 20.8. The lowest BCUT2D eigenvalue weighted by molar-refractivity contribution is -0.172. The van der Waals surface area contributed by atoms with Gasteiger partial charge in [0.25, 0.3) is 0 Å². The zero-order valence-electron chi connectivity index (χ0n) is 23.2. The molecule has 242 valence electrons. The predicted molar refractivity (Wildman–Crippen MR) is 138 cm³/mol. The molecular formula is C28H25F6N3O8. The average molecular weight is 646 g/mol. The summed E-state index contributed by atoms with van der Waals surface area (Å²) in [6, 6.07) is 3.92. The lowest BCUT2D eigenvalue weighted by atomic mass is 9.77. The summed E-state index contributed by atoms with van der Waals surface area (Å²) in [5, 5.41) is 24.0. The number of aromatic nitrogens is 3. The Labute approximate surface area is 250 Å². The van der Waals surface area contributed by atoms with Crippen LogP contribution in [0.15, 0.2) is 54.8 Å². The van der Waals surface area contributed by atoms with Crippen LogP contribution >= 0.6 is 0 Å². The molecule has 2 aliphatic rings. The SMILES string of the molecule is C=C(CC(=O)OC1(c2ccc(C(F)(F)F)cn2)CC1)C(=O)O.C=C(CC(=O)OC1(c2ccc(C(F)(F)F)nn2)CCC1)C(=O)O. The lowest BCUT2D eigenvalue weighted by Crippen LogP contribution is -2.40. The Balaban J connectivity index is 0.000000246. The first-order valence-corrected chi connectivity index (χ1v) is 13.0. The molecule has 2 N–H and O–H groups in total. The molecule has 0 atom stereocenters. The molecule has 2 saturated carbocycles. The van der Waals surface area contributed by atoms with Crippen LogP contribution in [0.4, 0.5) is 26.3 Å². The minimum absolute atomic E-state index is 0.117. The van der Waals surface area contributed by atoms with Gasteiger partial charge in [0.15, 0.2) is 16.9 Å². The highest BCUT2D eigenvalue weighted by Crippen LogP contribution is 2.49. The number of halogens is 6. The molecule has 2 heterocycles. The van der Waals surface area contributed by atoms with E-state index in [1.807, 2.05) is 0 Å². The third-order valence-corrected chi connectivity index (χ3v) is 6.78. The van der Waals surface area contributed by atoms with Gasteiger partial charge in [-0.15, -0.1) is 5.10 Å². The summed E-state index contributed by atoms with van der Waals surface area (Å²) in [7, 11) is 0. The maximum Gasteiger partial charge on any atom is 0.435 e. The first kappa shape index (κ1) is 34.7. The molecule has 0 aliphatic heterocycles. The fourth-order valence-electron chi connectivity index (χ4n) is 4.00. The van der Waals surface area contributed by atoms with E-state index < -0.39 is 71.5 Å². The number of nitrogens with zero attached hydrogens (tertiary/aromatic N) is 3. The number of rotatable bonds is 10. The number of carbonyl (C=O) groups excluding carboxylic acids is 2. The summed E-state index contributed by atoms with van der Waals surface area (Å²) in [4.78, 5) is 48.4. The minimum Gasteiger partial charge on any atom is -0.478 e. The van der Waals surface area contributed by atoms with E-state index in [9.17, 15) is 45.5 Å². The summed E-state index contributed by atoms with van der Waals surface area (Å²) in [5.41, 5.74) is -4.54. The molecule has 0 unspecified atom stereocenters. The Morgan fingerprint density at radius 2 is 1.22 bits per heavy atom. The molecule has 0 amide bonds. The van der Waals surface area contributed by atoms with Crippen molar-refractivity contribution in [2.24, 2.45) is 0 Å².